The Hall–Kier alpha value is -2.41. The molecule has 1 fully saturated rings. The van der Waals surface area contributed by atoms with Gasteiger partial charge in [-0.1, -0.05) is 0 Å². The van der Waals surface area contributed by atoms with Gasteiger partial charge in [0, 0.05) is 31.0 Å². The Morgan fingerprint density at radius 3 is 2.95 bits per heavy atom. The lowest BCUT2D eigenvalue weighted by atomic mass is 10.1. The van der Waals surface area contributed by atoms with Crippen molar-refractivity contribution in [2.24, 2.45) is 0 Å². The fourth-order valence-electron chi connectivity index (χ4n) is 2.53. The molecule has 0 aromatic carbocycles. The minimum absolute atomic E-state index is 0.440. The van der Waals surface area contributed by atoms with Crippen LogP contribution in [0.1, 0.15) is 17.5 Å². The summed E-state index contributed by atoms with van der Waals surface area (Å²) in [4.78, 5) is 2.25. The second-order valence-electron chi connectivity index (χ2n) is 5.27. The van der Waals surface area contributed by atoms with E-state index in [4.69, 9.17) is 8.83 Å². The molecule has 0 atom stereocenters. The number of furan rings is 1. The first-order valence-electron chi connectivity index (χ1n) is 6.88. The van der Waals surface area contributed by atoms with Crippen molar-refractivity contribution >= 4 is 0 Å². The van der Waals surface area contributed by atoms with Crippen LogP contribution in [-0.4, -0.2) is 38.0 Å². The molecule has 1 aliphatic rings. The van der Waals surface area contributed by atoms with E-state index in [9.17, 15) is 0 Å². The van der Waals surface area contributed by atoms with Crippen LogP contribution in [0.4, 0.5) is 0 Å². The van der Waals surface area contributed by atoms with Crippen LogP contribution in [0, 0.1) is 6.92 Å². The van der Waals surface area contributed by atoms with Crippen molar-refractivity contribution < 1.29 is 8.83 Å². The second kappa shape index (κ2) is 4.85. The molecule has 0 radical (unpaired) electrons. The molecule has 4 rings (SSSR count). The van der Waals surface area contributed by atoms with Crippen molar-refractivity contribution in [2.75, 3.05) is 13.1 Å². The van der Waals surface area contributed by atoms with Gasteiger partial charge in [-0.2, -0.15) is 5.10 Å². The lowest BCUT2D eigenvalue weighted by Crippen LogP contribution is -2.47. The summed E-state index contributed by atoms with van der Waals surface area (Å²) in [6.45, 7) is 4.50. The van der Waals surface area contributed by atoms with Gasteiger partial charge in [-0.15, -0.1) is 10.2 Å². The number of rotatable bonds is 4. The molecule has 21 heavy (non-hydrogen) atoms. The molecule has 7 heteroatoms. The van der Waals surface area contributed by atoms with E-state index in [-0.39, 0.29) is 0 Å². The van der Waals surface area contributed by atoms with E-state index in [2.05, 4.69) is 20.2 Å². The smallest absolute Gasteiger partial charge is 0.283 e. The van der Waals surface area contributed by atoms with Gasteiger partial charge in [0.05, 0.1) is 18.8 Å². The lowest BCUT2D eigenvalue weighted by molar-refractivity contribution is 0.0816. The predicted molar refractivity (Wildman–Crippen MR) is 73.3 cm³/mol. The molecule has 0 spiro atoms. The molecule has 0 amide bonds. The van der Waals surface area contributed by atoms with Gasteiger partial charge in [0.2, 0.25) is 5.89 Å². The number of nitrogens with zero attached hydrogens (tertiary/aromatic N) is 5. The molecule has 1 aliphatic heterocycles. The Kier molecular flexibility index (Phi) is 2.85. The first-order chi connectivity index (χ1) is 10.3. The fourth-order valence-corrected chi connectivity index (χ4v) is 2.53. The van der Waals surface area contributed by atoms with E-state index < -0.39 is 0 Å². The highest BCUT2D eigenvalue weighted by Gasteiger charge is 2.29. The van der Waals surface area contributed by atoms with E-state index in [1.165, 1.54) is 0 Å². The molecule has 0 bridgehead atoms. The molecular weight excluding hydrogens is 270 g/mol. The topological polar surface area (TPSA) is 73.1 Å². The predicted octanol–water partition coefficient (Wildman–Crippen LogP) is 1.89. The second-order valence-corrected chi connectivity index (χ2v) is 5.27. The van der Waals surface area contributed by atoms with Gasteiger partial charge >= 0.3 is 0 Å². The zero-order valence-corrected chi connectivity index (χ0v) is 11.6. The summed E-state index contributed by atoms with van der Waals surface area (Å²) < 4.78 is 13.0. The SMILES string of the molecule is Cc1ccoc1-c1nnc(CN2CC(n3cccn3)C2)o1. The van der Waals surface area contributed by atoms with Gasteiger partial charge in [0.1, 0.15) is 0 Å². The van der Waals surface area contributed by atoms with Gasteiger partial charge in [-0.3, -0.25) is 9.58 Å². The normalized spacial score (nSPS) is 16.2. The van der Waals surface area contributed by atoms with E-state index in [1.807, 2.05) is 29.9 Å². The molecule has 1 saturated heterocycles. The van der Waals surface area contributed by atoms with Crippen LogP contribution in [0.25, 0.3) is 11.7 Å². The zero-order chi connectivity index (χ0) is 14.2. The average Bonchev–Trinajstić information content (AvgIpc) is 3.14. The minimum atomic E-state index is 0.440. The van der Waals surface area contributed by atoms with Crippen molar-refractivity contribution in [2.45, 2.75) is 19.5 Å². The molecule has 0 unspecified atom stereocenters. The summed E-state index contributed by atoms with van der Waals surface area (Å²) in [6, 6.07) is 4.26. The number of aromatic nitrogens is 4. The summed E-state index contributed by atoms with van der Waals surface area (Å²) >= 11 is 0. The summed E-state index contributed by atoms with van der Waals surface area (Å²) in [7, 11) is 0. The number of hydrogen-bond acceptors (Lipinski definition) is 6. The van der Waals surface area contributed by atoms with Crippen LogP contribution in [-0.2, 0) is 6.54 Å². The maximum absolute atomic E-state index is 5.66. The van der Waals surface area contributed by atoms with Gasteiger partial charge in [-0.25, -0.2) is 0 Å². The minimum Gasteiger partial charge on any atom is -0.459 e. The number of hydrogen-bond donors (Lipinski definition) is 0. The zero-order valence-electron chi connectivity index (χ0n) is 11.6. The van der Waals surface area contributed by atoms with Gasteiger partial charge in [0.25, 0.3) is 5.89 Å². The Balaban J connectivity index is 1.39. The molecule has 3 aromatic heterocycles. The third-order valence-corrected chi connectivity index (χ3v) is 3.72. The third kappa shape index (κ3) is 2.25. The molecule has 3 aromatic rings. The molecule has 4 heterocycles. The Morgan fingerprint density at radius 1 is 1.33 bits per heavy atom. The molecule has 7 nitrogen and oxygen atoms in total. The molecule has 0 N–H and O–H groups in total. The first-order valence-corrected chi connectivity index (χ1v) is 6.88. The Bertz CT molecular complexity index is 724. The van der Waals surface area contributed by atoms with E-state index >= 15 is 0 Å². The largest absolute Gasteiger partial charge is 0.459 e. The van der Waals surface area contributed by atoms with E-state index in [0.717, 1.165) is 18.7 Å². The quantitative estimate of drug-likeness (QED) is 0.729. The monoisotopic (exact) mass is 285 g/mol. The van der Waals surface area contributed by atoms with Crippen LogP contribution in [0.3, 0.4) is 0 Å². The van der Waals surface area contributed by atoms with Crippen molar-refractivity contribution in [3.63, 3.8) is 0 Å². The third-order valence-electron chi connectivity index (χ3n) is 3.72. The van der Waals surface area contributed by atoms with Crippen LogP contribution < -0.4 is 0 Å². The molecule has 0 saturated carbocycles. The molecular formula is C14H15N5O2. The standard InChI is InChI=1S/C14H15N5O2/c1-10-3-6-20-13(10)14-17-16-12(21-14)9-18-7-11(8-18)19-5-2-4-15-19/h2-6,11H,7-9H2,1H3. The Morgan fingerprint density at radius 2 is 2.24 bits per heavy atom. The number of likely N-dealkylation sites (tertiary alicyclic amines) is 1. The van der Waals surface area contributed by atoms with E-state index in [0.29, 0.717) is 30.1 Å². The van der Waals surface area contributed by atoms with Gasteiger partial charge in [0.15, 0.2) is 5.76 Å². The first kappa shape index (κ1) is 12.3. The van der Waals surface area contributed by atoms with Crippen LogP contribution in [0.15, 0.2) is 39.6 Å². The average molecular weight is 285 g/mol. The molecule has 0 aliphatic carbocycles. The fraction of sp³-hybridized carbons (Fsp3) is 0.357. The van der Waals surface area contributed by atoms with Crippen molar-refractivity contribution in [1.82, 2.24) is 24.9 Å². The van der Waals surface area contributed by atoms with Crippen molar-refractivity contribution in [3.8, 4) is 11.7 Å². The molecule has 108 valence electrons. The maximum Gasteiger partial charge on any atom is 0.283 e. The van der Waals surface area contributed by atoms with Crippen molar-refractivity contribution in [1.29, 1.82) is 0 Å². The van der Waals surface area contributed by atoms with Crippen LogP contribution >= 0.6 is 0 Å². The maximum atomic E-state index is 5.66. The summed E-state index contributed by atoms with van der Waals surface area (Å²) in [5.74, 6) is 1.70. The van der Waals surface area contributed by atoms with E-state index in [1.54, 1.807) is 12.5 Å². The van der Waals surface area contributed by atoms with Crippen LogP contribution in [0.5, 0.6) is 0 Å². The lowest BCUT2D eigenvalue weighted by Gasteiger charge is -2.38. The van der Waals surface area contributed by atoms with Gasteiger partial charge < -0.3 is 8.83 Å². The Labute approximate surface area is 121 Å². The highest BCUT2D eigenvalue weighted by molar-refractivity contribution is 5.49. The number of aryl methyl sites for hydroxylation is 1. The summed E-state index contributed by atoms with van der Waals surface area (Å²) in [5.41, 5.74) is 0.993. The highest BCUT2D eigenvalue weighted by Crippen LogP contribution is 2.25. The van der Waals surface area contributed by atoms with Crippen LogP contribution in [0.2, 0.25) is 0 Å². The summed E-state index contributed by atoms with van der Waals surface area (Å²) in [5, 5.41) is 12.4. The van der Waals surface area contributed by atoms with Crippen molar-refractivity contribution in [3.05, 3.63) is 42.2 Å². The summed E-state index contributed by atoms with van der Waals surface area (Å²) in [6.07, 6.45) is 5.42. The highest BCUT2D eigenvalue weighted by atomic mass is 16.4. The van der Waals surface area contributed by atoms with Gasteiger partial charge in [-0.05, 0) is 19.1 Å².